The number of carbonyl (C=O) groups is 3. The molecule has 0 aliphatic carbocycles. The molecule has 3 aromatic rings. The maximum Gasteiger partial charge on any atom is 0.280 e. The quantitative estimate of drug-likeness (QED) is 0.457. The minimum atomic E-state index is -0.201. The van der Waals surface area contributed by atoms with Gasteiger partial charge in [-0.3, -0.25) is 14.4 Å². The Morgan fingerprint density at radius 2 is 1.65 bits per heavy atom. The van der Waals surface area contributed by atoms with Crippen LogP contribution in [0.2, 0.25) is 0 Å². The van der Waals surface area contributed by atoms with Gasteiger partial charge in [-0.1, -0.05) is 23.4 Å². The average Bonchev–Trinajstić information content (AvgIpc) is 3.47. The van der Waals surface area contributed by atoms with Crippen molar-refractivity contribution in [2.24, 2.45) is 0 Å². The third-order valence-corrected chi connectivity index (χ3v) is 8.19. The Balaban J connectivity index is 1.37. The summed E-state index contributed by atoms with van der Waals surface area (Å²) in [6.07, 6.45) is 5.47. The number of thiophene rings is 1. The first kappa shape index (κ1) is 25.4. The van der Waals surface area contributed by atoms with Crippen LogP contribution in [0.3, 0.4) is 0 Å². The zero-order chi connectivity index (χ0) is 25.7. The fourth-order valence-corrected chi connectivity index (χ4v) is 6.34. The van der Waals surface area contributed by atoms with Gasteiger partial charge in [0.2, 0.25) is 0 Å². The minimum Gasteiger partial charge on any atom is -0.378 e. The summed E-state index contributed by atoms with van der Waals surface area (Å²) in [4.78, 5) is 42.2. The zero-order valence-electron chi connectivity index (χ0n) is 20.7. The Labute approximate surface area is 219 Å². The summed E-state index contributed by atoms with van der Waals surface area (Å²) in [6.45, 7) is 3.88. The van der Waals surface area contributed by atoms with Crippen molar-refractivity contribution in [2.75, 3.05) is 63.1 Å². The van der Waals surface area contributed by atoms with Gasteiger partial charge in [-0.2, -0.15) is 0 Å². The molecule has 3 amide bonds. The first-order valence-corrected chi connectivity index (χ1v) is 13.6. The number of aromatic nitrogens is 1. The van der Waals surface area contributed by atoms with Gasteiger partial charge in [0.15, 0.2) is 18.9 Å². The summed E-state index contributed by atoms with van der Waals surface area (Å²) in [7, 11) is 0. The fraction of sp³-hybridized carbons (Fsp3) is 0.462. The van der Waals surface area contributed by atoms with Crippen molar-refractivity contribution in [3.63, 3.8) is 0 Å². The molecule has 0 bridgehead atoms. The molecule has 0 radical (unpaired) electrons. The molecule has 0 unspecified atom stereocenters. The normalized spacial score (nSPS) is 17.8. The highest BCUT2D eigenvalue weighted by molar-refractivity contribution is 7.21. The smallest absolute Gasteiger partial charge is 0.280 e. The number of benzene rings is 1. The van der Waals surface area contributed by atoms with Gasteiger partial charge in [-0.25, -0.2) is 0 Å². The van der Waals surface area contributed by atoms with Crippen LogP contribution in [0.15, 0.2) is 41.1 Å². The van der Waals surface area contributed by atoms with Gasteiger partial charge in [0.1, 0.15) is 11.1 Å². The van der Waals surface area contributed by atoms with E-state index in [1.807, 2.05) is 24.3 Å². The second kappa shape index (κ2) is 11.4. The van der Waals surface area contributed by atoms with E-state index in [-0.39, 0.29) is 30.8 Å². The van der Waals surface area contributed by atoms with Gasteiger partial charge in [-0.05, 0) is 31.7 Å². The summed E-state index contributed by atoms with van der Waals surface area (Å²) >= 11 is 1.40. The molecule has 2 N–H and O–H groups in total. The van der Waals surface area contributed by atoms with Gasteiger partial charge < -0.3 is 29.3 Å². The number of amides is 3. The molecule has 2 aliphatic rings. The number of quaternary nitrogens is 1. The number of fused-ring (bicyclic) bond motifs is 1. The van der Waals surface area contributed by atoms with Crippen molar-refractivity contribution in [1.82, 2.24) is 10.1 Å². The molecule has 5 rings (SSSR count). The van der Waals surface area contributed by atoms with Gasteiger partial charge in [0.25, 0.3) is 17.7 Å². The van der Waals surface area contributed by atoms with Crippen LogP contribution in [0.5, 0.6) is 0 Å². The molecule has 0 spiro atoms. The maximum atomic E-state index is 13.6. The minimum absolute atomic E-state index is 0.0922. The lowest BCUT2D eigenvalue weighted by atomic mass is 10.2. The van der Waals surface area contributed by atoms with Crippen molar-refractivity contribution in [3.8, 4) is 0 Å². The van der Waals surface area contributed by atoms with Crippen LogP contribution in [0.25, 0.3) is 10.1 Å². The summed E-state index contributed by atoms with van der Waals surface area (Å²) < 4.78 is 11.5. The second-order valence-electron chi connectivity index (χ2n) is 9.71. The molecule has 11 heteroatoms. The van der Waals surface area contributed by atoms with E-state index < -0.39 is 0 Å². The zero-order valence-corrected chi connectivity index (χ0v) is 21.6. The number of carbonyl (C=O) groups excluding carboxylic acids is 3. The van der Waals surface area contributed by atoms with E-state index in [0.717, 1.165) is 48.9 Å². The van der Waals surface area contributed by atoms with Gasteiger partial charge in [0, 0.05) is 29.2 Å². The summed E-state index contributed by atoms with van der Waals surface area (Å²) in [5.41, 5.74) is 0.558. The number of hydrogen-bond donors (Lipinski definition) is 2. The third kappa shape index (κ3) is 6.00. The number of ether oxygens (including phenoxy) is 1. The molecule has 1 aromatic carbocycles. The summed E-state index contributed by atoms with van der Waals surface area (Å²) in [5, 5.41) is 10.5. The van der Waals surface area contributed by atoms with E-state index in [4.69, 9.17) is 9.26 Å². The Bertz CT molecular complexity index is 1240. The monoisotopic (exact) mass is 526 g/mol. The highest BCUT2D eigenvalue weighted by Crippen LogP contribution is 2.37. The van der Waals surface area contributed by atoms with Crippen molar-refractivity contribution in [2.45, 2.75) is 25.7 Å². The molecule has 37 heavy (non-hydrogen) atoms. The molecule has 4 heterocycles. The van der Waals surface area contributed by atoms with E-state index in [2.05, 4.69) is 15.8 Å². The van der Waals surface area contributed by atoms with E-state index in [9.17, 15) is 14.4 Å². The van der Waals surface area contributed by atoms with Crippen LogP contribution in [0.4, 0.5) is 11.5 Å². The van der Waals surface area contributed by atoms with Crippen molar-refractivity contribution < 1.29 is 28.1 Å². The molecular formula is C26H32N5O5S+. The van der Waals surface area contributed by atoms with Crippen LogP contribution in [-0.4, -0.2) is 84.7 Å². The lowest BCUT2D eigenvalue weighted by molar-refractivity contribution is -0.912. The SMILES string of the molecule is O=C(C[N+]1(CC(=O)Nc2c(C(=O)N3CCOCC3)sc3ccccc23)CCCCCC1)Nc1ccon1. The average molecular weight is 527 g/mol. The van der Waals surface area contributed by atoms with Crippen LogP contribution >= 0.6 is 11.3 Å². The Morgan fingerprint density at radius 3 is 2.35 bits per heavy atom. The largest absolute Gasteiger partial charge is 0.378 e. The number of nitrogens with zero attached hydrogens (tertiary/aromatic N) is 3. The highest BCUT2D eigenvalue weighted by Gasteiger charge is 2.35. The van der Waals surface area contributed by atoms with E-state index in [1.54, 1.807) is 11.0 Å². The fourth-order valence-electron chi connectivity index (χ4n) is 5.21. The number of hydrogen-bond acceptors (Lipinski definition) is 7. The lowest BCUT2D eigenvalue weighted by Crippen LogP contribution is -2.56. The lowest BCUT2D eigenvalue weighted by Gasteiger charge is -2.36. The topological polar surface area (TPSA) is 114 Å². The van der Waals surface area contributed by atoms with Gasteiger partial charge >= 0.3 is 0 Å². The molecule has 2 aliphatic heterocycles. The van der Waals surface area contributed by atoms with E-state index >= 15 is 0 Å². The van der Waals surface area contributed by atoms with Gasteiger partial charge in [-0.15, -0.1) is 11.3 Å². The number of morpholine rings is 1. The molecule has 0 saturated carbocycles. The standard InChI is InChI=1S/C26H31N5O5S/c32-22(27-21-9-14-36-29-21)17-31(12-5-1-2-6-13-31)18-23(33)28-24-19-7-3-4-8-20(19)37-25(24)26(34)30-10-15-35-16-11-30/h3-4,7-9,14H,1-2,5-6,10-13,15-18H2,(H-,27,28,29,32,33,34)/p+1. The number of rotatable bonds is 7. The van der Waals surface area contributed by atoms with Crippen LogP contribution in [0, 0.1) is 0 Å². The van der Waals surface area contributed by atoms with Crippen molar-refractivity contribution >= 4 is 50.6 Å². The molecule has 2 fully saturated rings. The molecule has 10 nitrogen and oxygen atoms in total. The summed E-state index contributed by atoms with van der Waals surface area (Å²) in [5.74, 6) is -0.132. The van der Waals surface area contributed by atoms with E-state index in [0.29, 0.717) is 47.2 Å². The predicted molar refractivity (Wildman–Crippen MR) is 141 cm³/mol. The Morgan fingerprint density at radius 1 is 0.946 bits per heavy atom. The molecular weight excluding hydrogens is 494 g/mol. The van der Waals surface area contributed by atoms with Crippen molar-refractivity contribution in [1.29, 1.82) is 0 Å². The summed E-state index contributed by atoms with van der Waals surface area (Å²) in [6, 6.07) is 9.32. The maximum absolute atomic E-state index is 13.6. The molecule has 0 atom stereocenters. The predicted octanol–water partition coefficient (Wildman–Crippen LogP) is 3.33. The highest BCUT2D eigenvalue weighted by atomic mass is 32.1. The van der Waals surface area contributed by atoms with Crippen LogP contribution in [-0.2, 0) is 14.3 Å². The Hall–Kier alpha value is -3.28. The number of nitrogens with one attached hydrogen (secondary N) is 2. The Kier molecular flexibility index (Phi) is 7.82. The first-order chi connectivity index (χ1) is 18.0. The number of anilines is 2. The third-order valence-electron chi connectivity index (χ3n) is 7.03. The first-order valence-electron chi connectivity index (χ1n) is 12.8. The van der Waals surface area contributed by atoms with Crippen LogP contribution < -0.4 is 10.6 Å². The van der Waals surface area contributed by atoms with Crippen molar-refractivity contribution in [3.05, 3.63) is 41.5 Å². The second-order valence-corrected chi connectivity index (χ2v) is 10.8. The molecule has 2 saturated heterocycles. The molecule has 2 aromatic heterocycles. The van der Waals surface area contributed by atoms with Crippen LogP contribution in [0.1, 0.15) is 35.4 Å². The van der Waals surface area contributed by atoms with Gasteiger partial charge in [0.05, 0.1) is 32.0 Å². The number of likely N-dealkylation sites (tertiary alicyclic amines) is 1. The molecule has 196 valence electrons. The van der Waals surface area contributed by atoms with E-state index in [1.165, 1.54) is 17.6 Å².